The van der Waals surface area contributed by atoms with E-state index < -0.39 is 30.6 Å². The summed E-state index contributed by atoms with van der Waals surface area (Å²) in [4.78, 5) is 21.9. The summed E-state index contributed by atoms with van der Waals surface area (Å²) < 4.78 is 0. The summed E-state index contributed by atoms with van der Waals surface area (Å²) >= 11 is 0. The quantitative estimate of drug-likeness (QED) is 0.310. The van der Waals surface area contributed by atoms with E-state index in [1.807, 2.05) is 0 Å². The molecule has 0 saturated heterocycles. The number of aliphatic hydroxyl groups excluding tert-OH is 2. The highest BCUT2D eigenvalue weighted by Crippen LogP contribution is 2.01. The lowest BCUT2D eigenvalue weighted by atomic mass is 10.1. The van der Waals surface area contributed by atoms with Crippen LogP contribution >= 0.6 is 0 Å². The van der Waals surface area contributed by atoms with Gasteiger partial charge in [-0.1, -0.05) is 0 Å². The molecule has 0 aliphatic carbocycles. The van der Waals surface area contributed by atoms with Crippen molar-refractivity contribution in [3.63, 3.8) is 0 Å². The lowest BCUT2D eigenvalue weighted by Gasteiger charge is -2.16. The molecule has 0 fully saturated rings. The number of hydrogen-bond donors (Lipinski definition) is 5. The summed E-state index contributed by atoms with van der Waals surface area (Å²) in [7, 11) is 0. The molecule has 0 radical (unpaired) electrons. The van der Waals surface area contributed by atoms with Crippen LogP contribution in [-0.2, 0) is 9.59 Å². The molecule has 0 aromatic rings. The van der Waals surface area contributed by atoms with Gasteiger partial charge in [0.25, 0.3) is 5.91 Å². The number of nitrogens with two attached hydrogens (primary N) is 1. The number of nitrogens with one attached hydrogen (secondary N) is 1. The van der Waals surface area contributed by atoms with E-state index >= 15 is 0 Å². The Morgan fingerprint density at radius 3 is 2.38 bits per heavy atom. The Hall–Kier alpha value is -1.18. The van der Waals surface area contributed by atoms with Gasteiger partial charge in [-0.15, -0.1) is 0 Å². The summed E-state index contributed by atoms with van der Waals surface area (Å²) in [6.45, 7) is -0.277. The summed E-state index contributed by atoms with van der Waals surface area (Å²) in [5.74, 6) is -2.06. The number of amides is 1. The van der Waals surface area contributed by atoms with Crippen LogP contribution in [-0.4, -0.2) is 52.5 Å². The highest BCUT2D eigenvalue weighted by atomic mass is 16.4. The Morgan fingerprint density at radius 2 is 1.94 bits per heavy atom. The molecule has 0 heterocycles. The number of carboxylic acid groups (broad SMARTS) is 1. The maximum atomic E-state index is 11.1. The Bertz CT molecular complexity index is 234. The predicted molar refractivity (Wildman–Crippen MR) is 55.6 cm³/mol. The summed E-state index contributed by atoms with van der Waals surface area (Å²) in [6, 6.07) is -1.06. The molecule has 0 saturated carbocycles. The Balaban J connectivity index is 4.12. The van der Waals surface area contributed by atoms with Crippen molar-refractivity contribution >= 4 is 11.9 Å². The van der Waals surface area contributed by atoms with Crippen molar-refractivity contribution in [2.75, 3.05) is 13.2 Å². The van der Waals surface area contributed by atoms with Gasteiger partial charge >= 0.3 is 5.97 Å². The minimum absolute atomic E-state index is 0.246. The smallest absolute Gasteiger partial charge is 0.326 e. The first-order valence-electron chi connectivity index (χ1n) is 5.05. The van der Waals surface area contributed by atoms with Crippen LogP contribution in [0.3, 0.4) is 0 Å². The fourth-order valence-corrected chi connectivity index (χ4v) is 1.10. The second kappa shape index (κ2) is 8.03. The van der Waals surface area contributed by atoms with Gasteiger partial charge in [-0.05, 0) is 25.8 Å². The molecule has 0 aromatic carbocycles. The molecule has 94 valence electrons. The first-order chi connectivity index (χ1) is 7.52. The van der Waals surface area contributed by atoms with Crippen molar-refractivity contribution in [3.8, 4) is 0 Å². The molecule has 2 atom stereocenters. The molecule has 16 heavy (non-hydrogen) atoms. The number of aliphatic carboxylic acids is 1. The van der Waals surface area contributed by atoms with Gasteiger partial charge < -0.3 is 26.4 Å². The largest absolute Gasteiger partial charge is 0.480 e. The normalized spacial score (nSPS) is 14.2. The molecule has 0 aliphatic heterocycles. The molecule has 0 rings (SSSR count). The van der Waals surface area contributed by atoms with Crippen LogP contribution < -0.4 is 11.1 Å². The van der Waals surface area contributed by atoms with Gasteiger partial charge in [-0.25, -0.2) is 4.79 Å². The number of hydrogen-bond acceptors (Lipinski definition) is 5. The van der Waals surface area contributed by atoms with E-state index in [0.29, 0.717) is 19.4 Å². The van der Waals surface area contributed by atoms with E-state index in [4.69, 9.17) is 21.1 Å². The molecule has 2 unspecified atom stereocenters. The number of rotatable bonds is 8. The number of carbonyl (C=O) groups excluding carboxylic acids is 1. The van der Waals surface area contributed by atoms with E-state index in [-0.39, 0.29) is 6.42 Å². The molecule has 7 heteroatoms. The van der Waals surface area contributed by atoms with Crippen LogP contribution in [0, 0.1) is 0 Å². The average Bonchev–Trinajstić information content (AvgIpc) is 2.26. The molecule has 0 aromatic heterocycles. The van der Waals surface area contributed by atoms with Crippen molar-refractivity contribution in [1.82, 2.24) is 5.32 Å². The van der Waals surface area contributed by atoms with Crippen molar-refractivity contribution in [2.24, 2.45) is 5.73 Å². The average molecular weight is 234 g/mol. The molecular weight excluding hydrogens is 216 g/mol. The van der Waals surface area contributed by atoms with Gasteiger partial charge in [0.05, 0.1) is 6.61 Å². The highest BCUT2D eigenvalue weighted by molar-refractivity contribution is 5.86. The first-order valence-corrected chi connectivity index (χ1v) is 5.05. The lowest BCUT2D eigenvalue weighted by molar-refractivity contribution is -0.144. The van der Waals surface area contributed by atoms with Crippen LogP contribution in [0.5, 0.6) is 0 Å². The minimum Gasteiger partial charge on any atom is -0.480 e. The van der Waals surface area contributed by atoms with Crippen LogP contribution in [0.15, 0.2) is 0 Å². The number of unbranched alkanes of at least 4 members (excludes halogenated alkanes) is 1. The monoisotopic (exact) mass is 234 g/mol. The van der Waals surface area contributed by atoms with Crippen LogP contribution in [0.2, 0.25) is 0 Å². The third-order valence-corrected chi connectivity index (χ3v) is 2.04. The lowest BCUT2D eigenvalue weighted by Crippen LogP contribution is -2.46. The third-order valence-electron chi connectivity index (χ3n) is 2.04. The van der Waals surface area contributed by atoms with Crippen molar-refractivity contribution in [2.45, 2.75) is 31.4 Å². The first kappa shape index (κ1) is 14.8. The number of aliphatic hydroxyl groups is 2. The van der Waals surface area contributed by atoms with E-state index in [0.717, 1.165) is 0 Å². The molecule has 0 spiro atoms. The zero-order valence-corrected chi connectivity index (χ0v) is 8.93. The van der Waals surface area contributed by atoms with Gasteiger partial charge in [-0.2, -0.15) is 0 Å². The number of carboxylic acids is 1. The zero-order valence-electron chi connectivity index (χ0n) is 8.93. The van der Waals surface area contributed by atoms with Crippen molar-refractivity contribution in [3.05, 3.63) is 0 Å². The molecule has 7 nitrogen and oxygen atoms in total. The molecule has 1 amide bonds. The van der Waals surface area contributed by atoms with Crippen LogP contribution in [0.25, 0.3) is 0 Å². The topological polar surface area (TPSA) is 133 Å². The fraction of sp³-hybridized carbons (Fsp3) is 0.778. The van der Waals surface area contributed by atoms with Crippen molar-refractivity contribution in [1.29, 1.82) is 0 Å². The zero-order chi connectivity index (χ0) is 12.6. The van der Waals surface area contributed by atoms with E-state index in [9.17, 15) is 9.59 Å². The van der Waals surface area contributed by atoms with Gasteiger partial charge in [0.15, 0.2) is 6.10 Å². The second-order valence-electron chi connectivity index (χ2n) is 3.38. The molecule has 6 N–H and O–H groups in total. The van der Waals surface area contributed by atoms with Crippen LogP contribution in [0.4, 0.5) is 0 Å². The number of carbonyl (C=O) groups is 2. The summed E-state index contributed by atoms with van der Waals surface area (Å²) in [6.07, 6.45) is -0.0990. The van der Waals surface area contributed by atoms with Gasteiger partial charge in [0, 0.05) is 0 Å². The fourth-order valence-electron chi connectivity index (χ4n) is 1.10. The van der Waals surface area contributed by atoms with Crippen LogP contribution in [0.1, 0.15) is 19.3 Å². The third kappa shape index (κ3) is 5.64. The van der Waals surface area contributed by atoms with Gasteiger partial charge in [0.1, 0.15) is 6.04 Å². The standard InChI is InChI=1S/C9H18N2O5/c10-4-2-1-3-6(9(15)16)11-8(14)7(13)5-12/h6-7,12-13H,1-5,10H2,(H,11,14)(H,15,16). The van der Waals surface area contributed by atoms with E-state index in [1.54, 1.807) is 0 Å². The predicted octanol–water partition coefficient (Wildman–Crippen LogP) is -1.96. The van der Waals surface area contributed by atoms with Gasteiger partial charge in [0.2, 0.25) is 0 Å². The highest BCUT2D eigenvalue weighted by Gasteiger charge is 2.22. The van der Waals surface area contributed by atoms with E-state index in [1.165, 1.54) is 0 Å². The van der Waals surface area contributed by atoms with Crippen molar-refractivity contribution < 1.29 is 24.9 Å². The summed E-state index contributed by atoms with van der Waals surface area (Å²) in [5.41, 5.74) is 5.25. The molecule has 0 bridgehead atoms. The Morgan fingerprint density at radius 1 is 1.31 bits per heavy atom. The molecular formula is C9H18N2O5. The van der Waals surface area contributed by atoms with E-state index in [2.05, 4.69) is 5.32 Å². The van der Waals surface area contributed by atoms with Gasteiger partial charge in [-0.3, -0.25) is 4.79 Å². The Labute approximate surface area is 93.3 Å². The Kier molecular flexibility index (Phi) is 7.44. The maximum absolute atomic E-state index is 11.1. The minimum atomic E-state index is -1.59. The summed E-state index contributed by atoms with van der Waals surface area (Å²) in [5, 5.41) is 28.4. The molecule has 0 aliphatic rings. The SMILES string of the molecule is NCCCCC(NC(=O)C(O)CO)C(=O)O. The second-order valence-corrected chi connectivity index (χ2v) is 3.38. The maximum Gasteiger partial charge on any atom is 0.326 e.